The van der Waals surface area contributed by atoms with Crippen molar-refractivity contribution in [3.63, 3.8) is 0 Å². The van der Waals surface area contributed by atoms with Gasteiger partial charge in [-0.3, -0.25) is 0 Å². The molecular weight excluding hydrogens is 1250 g/mol. The molecule has 104 heavy (non-hydrogen) atoms. The third kappa shape index (κ3) is 31.2. The molecule has 6 aliphatic rings. The average Bonchev–Trinajstić information content (AvgIpc) is 0.808. The van der Waals surface area contributed by atoms with Crippen LogP contribution in [0, 0.1) is 105 Å². The second-order valence-electron chi connectivity index (χ2n) is 37.0. The molecule has 0 atom stereocenters. The summed E-state index contributed by atoms with van der Waals surface area (Å²) in [6, 6.07) is 25.0. The minimum absolute atomic E-state index is 0.797. The van der Waals surface area contributed by atoms with Gasteiger partial charge >= 0.3 is 0 Å². The van der Waals surface area contributed by atoms with Crippen molar-refractivity contribution >= 4 is 0 Å². The topological polar surface area (TPSA) is 0 Å². The van der Waals surface area contributed by atoms with Crippen LogP contribution in [0.25, 0.3) is 0 Å². The average molecular weight is 1420 g/mol. The van der Waals surface area contributed by atoms with Crippen molar-refractivity contribution in [1.82, 2.24) is 0 Å². The maximum absolute atomic E-state index is 2.55. The highest BCUT2D eigenvalue weighted by Crippen LogP contribution is 2.41. The molecule has 0 spiro atoms. The smallest absolute Gasteiger partial charge is 0.0159 e. The first-order valence-corrected chi connectivity index (χ1v) is 45.8. The van der Waals surface area contributed by atoms with Crippen molar-refractivity contribution in [2.45, 2.75) is 444 Å². The second kappa shape index (κ2) is 48.6. The molecule has 11 rings (SSSR count). The summed E-state index contributed by atoms with van der Waals surface area (Å²) in [7, 11) is 0. The van der Waals surface area contributed by atoms with Gasteiger partial charge in [0, 0.05) is 0 Å². The van der Waals surface area contributed by atoms with E-state index in [0.717, 1.165) is 47.3 Å². The van der Waals surface area contributed by atoms with Crippen LogP contribution in [0.4, 0.5) is 0 Å². The molecule has 0 bridgehead atoms. The summed E-state index contributed by atoms with van der Waals surface area (Å²) in [5.74, 6) is 7.21. The van der Waals surface area contributed by atoms with E-state index in [2.05, 4.69) is 171 Å². The molecule has 0 N–H and O–H groups in total. The third-order valence-corrected chi connectivity index (χ3v) is 27.1. The maximum Gasteiger partial charge on any atom is -0.0159 e. The van der Waals surface area contributed by atoms with Gasteiger partial charge in [0.05, 0.1) is 0 Å². The molecule has 6 fully saturated rings. The summed E-state index contributed by atoms with van der Waals surface area (Å²) in [4.78, 5) is 0. The summed E-state index contributed by atoms with van der Waals surface area (Å²) >= 11 is 0. The Hall–Kier alpha value is -3.90. The number of aryl methyl sites for hydroxylation is 16. The number of unbranched alkanes of at least 4 members (excludes halogenated alkanes) is 6. The van der Waals surface area contributed by atoms with Crippen LogP contribution in [0.2, 0.25) is 0 Å². The first-order valence-electron chi connectivity index (χ1n) is 45.8. The zero-order valence-corrected chi connectivity index (χ0v) is 71.7. The number of rotatable bonds is 28. The van der Waals surface area contributed by atoms with Crippen molar-refractivity contribution in [2.24, 2.45) is 35.5 Å². The van der Waals surface area contributed by atoms with E-state index < -0.39 is 0 Å². The molecule has 0 aromatic heterocycles. The predicted molar refractivity (Wildman–Crippen MR) is 464 cm³/mol. The van der Waals surface area contributed by atoms with Crippen LogP contribution in [0.3, 0.4) is 0 Å². The summed E-state index contributed by atoms with van der Waals surface area (Å²) in [6.07, 6.45) is 70.3. The lowest BCUT2D eigenvalue weighted by Gasteiger charge is -2.28. The van der Waals surface area contributed by atoms with Crippen LogP contribution in [-0.4, -0.2) is 0 Å². The largest absolute Gasteiger partial charge is 0.0654 e. The van der Waals surface area contributed by atoms with Crippen molar-refractivity contribution in [3.8, 4) is 0 Å². The Balaban J connectivity index is 0.000000182. The van der Waals surface area contributed by atoms with E-state index in [0.29, 0.717) is 0 Å². The van der Waals surface area contributed by atoms with Crippen molar-refractivity contribution < 1.29 is 0 Å². The van der Waals surface area contributed by atoms with E-state index in [1.165, 1.54) is 343 Å². The lowest BCUT2D eigenvalue weighted by Crippen LogP contribution is -2.12. The normalized spacial score (nSPS) is 17.6. The molecule has 5 aromatic carbocycles. The van der Waals surface area contributed by atoms with Crippen molar-refractivity contribution in [3.05, 3.63) is 172 Å². The summed E-state index contributed by atoms with van der Waals surface area (Å²) in [5.41, 5.74) is 31.5. The Kier molecular flexibility index (Phi) is 40.8. The monoisotopic (exact) mass is 1420 g/mol. The van der Waals surface area contributed by atoms with Crippen LogP contribution in [0.15, 0.2) is 60.7 Å². The Bertz CT molecular complexity index is 2940. The van der Waals surface area contributed by atoms with Gasteiger partial charge in [-0.1, -0.05) is 308 Å². The highest BCUT2D eigenvalue weighted by Gasteiger charge is 2.24. The zero-order chi connectivity index (χ0) is 74.6. The van der Waals surface area contributed by atoms with E-state index in [1.54, 1.807) is 89.0 Å². The lowest BCUT2D eigenvalue weighted by molar-refractivity contribution is 0.338. The van der Waals surface area contributed by atoms with E-state index in [1.807, 2.05) is 0 Å². The maximum atomic E-state index is 2.55. The Morgan fingerprint density at radius 3 is 0.760 bits per heavy atom. The third-order valence-electron chi connectivity index (χ3n) is 27.1. The van der Waals surface area contributed by atoms with Crippen LogP contribution >= 0.6 is 0 Å². The highest BCUT2D eigenvalue weighted by atomic mass is 14.3. The quantitative estimate of drug-likeness (QED) is 0.0438. The molecule has 0 radical (unpaired) electrons. The molecule has 6 aliphatic carbocycles. The first kappa shape index (κ1) is 87.3. The second-order valence-corrected chi connectivity index (χ2v) is 37.0. The van der Waals surface area contributed by atoms with Gasteiger partial charge < -0.3 is 0 Å². The first-order chi connectivity index (χ1) is 50.3. The summed E-state index contributed by atoms with van der Waals surface area (Å²) in [6.45, 7) is 37.0. The number of hydrogen-bond acceptors (Lipinski definition) is 0. The van der Waals surface area contributed by atoms with Crippen LogP contribution in [0.5, 0.6) is 0 Å². The molecule has 0 nitrogen and oxygen atoms in total. The van der Waals surface area contributed by atoms with E-state index >= 15 is 0 Å². The van der Waals surface area contributed by atoms with Gasteiger partial charge in [0.25, 0.3) is 0 Å². The standard InChI is InChI=1S/C24H38.C22H34.C20H30.C20H34.C18H30/c1-19-17-24(16-14-22-11-7-4-8-12-22)20(2)18-23(19)15-13-21-9-5-3-6-10-21;1-17-13-22(16-20-11-7-4-8-12-20)18(2)14-21(17)15-19-9-5-3-6-10-19;1-15-13-20(18-11-7-4-8-12-18)16(2)14-19(15)17-9-5-3-6-10-17;1-5-7-9-11-13-19-15-18(4)20(16-17(19)3)14-12-10-8-6-2;1-13(2)7-9-17-11-16(6)18(12-15(17)5)10-8-14(3)4/h17-18,21-22H,3-16H2,1-2H3;13-14,19-20H,3-12,15-16H2,1-2H3;13-14,17-18H,3-12H2,1-2H3;15-16H,5-14H2,1-4H3;11-14H,7-10H2,1-6H3. The fourth-order valence-electron chi connectivity index (χ4n) is 19.8. The van der Waals surface area contributed by atoms with Gasteiger partial charge in [-0.15, -0.1) is 0 Å². The molecule has 5 aromatic rings. The Labute approximate surface area is 647 Å². The highest BCUT2D eigenvalue weighted by molar-refractivity contribution is 5.43. The molecule has 0 heteroatoms. The van der Waals surface area contributed by atoms with Gasteiger partial charge in [0.15, 0.2) is 0 Å². The molecule has 0 amide bonds. The van der Waals surface area contributed by atoms with Crippen molar-refractivity contribution in [2.75, 3.05) is 0 Å². The van der Waals surface area contributed by atoms with Crippen molar-refractivity contribution in [1.29, 1.82) is 0 Å². The minimum Gasteiger partial charge on any atom is -0.0654 e. The number of benzene rings is 5. The predicted octanol–water partition coefficient (Wildman–Crippen LogP) is 32.3. The van der Waals surface area contributed by atoms with Gasteiger partial charge in [-0.2, -0.15) is 0 Å². The molecule has 582 valence electrons. The van der Waals surface area contributed by atoms with Gasteiger partial charge in [0.2, 0.25) is 0 Å². The minimum atomic E-state index is 0.797. The molecule has 0 unspecified atom stereocenters. The van der Waals surface area contributed by atoms with E-state index in [9.17, 15) is 0 Å². The Morgan fingerprint density at radius 2 is 0.481 bits per heavy atom. The van der Waals surface area contributed by atoms with Crippen LogP contribution < -0.4 is 0 Å². The molecular formula is C104H166. The molecule has 0 saturated heterocycles. The molecule has 0 heterocycles. The molecule has 0 aliphatic heterocycles. The fourth-order valence-corrected chi connectivity index (χ4v) is 19.8. The van der Waals surface area contributed by atoms with E-state index in [-0.39, 0.29) is 0 Å². The van der Waals surface area contributed by atoms with E-state index in [4.69, 9.17) is 0 Å². The summed E-state index contributed by atoms with van der Waals surface area (Å²) in [5, 5.41) is 0. The van der Waals surface area contributed by atoms with Gasteiger partial charge in [0.1, 0.15) is 0 Å². The fraction of sp³-hybridized carbons (Fsp3) is 0.712. The summed E-state index contributed by atoms with van der Waals surface area (Å²) < 4.78 is 0. The van der Waals surface area contributed by atoms with Gasteiger partial charge in [-0.25, -0.2) is 0 Å². The van der Waals surface area contributed by atoms with Crippen LogP contribution in [-0.2, 0) is 51.4 Å². The number of hydrogen-bond donors (Lipinski definition) is 0. The SMILES string of the molecule is CCCCCCc1cc(C)c(CCCCCC)cc1C.Cc1cc(C2CCCCC2)c(C)cc1C1CCCCC1.Cc1cc(CC2CCCCC2)c(C)cc1CC1CCCCC1.Cc1cc(CCC(C)C)c(C)cc1CCC(C)C.Cc1cc(CCC2CCCCC2)c(C)cc1CCC1CCCCC1. The van der Waals surface area contributed by atoms with Crippen LogP contribution in [0.1, 0.15) is 434 Å². The molecule has 6 saturated carbocycles. The Morgan fingerprint density at radius 1 is 0.240 bits per heavy atom. The zero-order valence-electron chi connectivity index (χ0n) is 71.7. The van der Waals surface area contributed by atoms with Gasteiger partial charge in [-0.05, 0) is 343 Å². The lowest BCUT2D eigenvalue weighted by atomic mass is 9.77.